The summed E-state index contributed by atoms with van der Waals surface area (Å²) in [5.74, 6) is 1.93. The summed E-state index contributed by atoms with van der Waals surface area (Å²) in [5.41, 5.74) is 1.18. The van der Waals surface area contributed by atoms with E-state index in [1.54, 1.807) is 6.33 Å². The first-order valence-electron chi connectivity index (χ1n) is 6.57. The zero-order chi connectivity index (χ0) is 13.4. The number of hydrogen-bond donors (Lipinski definition) is 2. The summed E-state index contributed by atoms with van der Waals surface area (Å²) >= 11 is 1.85. The lowest BCUT2D eigenvalue weighted by Gasteiger charge is -2.15. The van der Waals surface area contributed by atoms with Crippen LogP contribution in [0.2, 0.25) is 0 Å². The van der Waals surface area contributed by atoms with E-state index >= 15 is 0 Å². The molecule has 18 heavy (non-hydrogen) atoms. The van der Waals surface area contributed by atoms with E-state index in [-0.39, 0.29) is 0 Å². The van der Waals surface area contributed by atoms with Gasteiger partial charge in [-0.3, -0.25) is 0 Å². The van der Waals surface area contributed by atoms with E-state index in [4.69, 9.17) is 0 Å². The van der Waals surface area contributed by atoms with Gasteiger partial charge in [0, 0.05) is 23.9 Å². The first-order chi connectivity index (χ1) is 8.72. The molecule has 0 amide bonds. The van der Waals surface area contributed by atoms with Crippen molar-refractivity contribution in [2.75, 3.05) is 30.0 Å². The predicted octanol–water partition coefficient (Wildman–Crippen LogP) is 3.02. The van der Waals surface area contributed by atoms with Gasteiger partial charge >= 0.3 is 0 Å². The summed E-state index contributed by atoms with van der Waals surface area (Å²) in [5, 5.41) is 7.36. The third-order valence-corrected chi connectivity index (χ3v) is 3.77. The number of thioether (sulfide) groups is 1. The Morgan fingerprint density at radius 1 is 1.22 bits per heavy atom. The summed E-state index contributed by atoms with van der Waals surface area (Å²) in [6.45, 7) is 8.38. The van der Waals surface area contributed by atoms with Gasteiger partial charge in [0.05, 0.1) is 0 Å². The molecule has 0 aliphatic carbocycles. The molecule has 1 unspecified atom stereocenters. The second-order valence-corrected chi connectivity index (χ2v) is 5.53. The monoisotopic (exact) mass is 268 g/mol. The molecular weight excluding hydrogens is 244 g/mol. The number of nitrogens with one attached hydrogen (secondary N) is 2. The largest absolute Gasteiger partial charge is 0.370 e. The SMILES string of the molecule is CCCNc1ncnc(NCC(C)SC)c1CC. The third kappa shape index (κ3) is 4.37. The van der Waals surface area contributed by atoms with Gasteiger partial charge in [-0.15, -0.1) is 0 Å². The van der Waals surface area contributed by atoms with Crippen molar-refractivity contribution >= 4 is 23.4 Å². The fraction of sp³-hybridized carbons (Fsp3) is 0.692. The minimum Gasteiger partial charge on any atom is -0.370 e. The Morgan fingerprint density at radius 2 is 1.89 bits per heavy atom. The maximum absolute atomic E-state index is 4.35. The van der Waals surface area contributed by atoms with Crippen LogP contribution >= 0.6 is 11.8 Å². The number of aromatic nitrogens is 2. The molecule has 0 saturated heterocycles. The molecule has 0 bridgehead atoms. The molecule has 5 heteroatoms. The van der Waals surface area contributed by atoms with Gasteiger partial charge in [0.25, 0.3) is 0 Å². The molecule has 1 atom stereocenters. The van der Waals surface area contributed by atoms with Crippen molar-refractivity contribution in [2.45, 2.75) is 38.9 Å². The van der Waals surface area contributed by atoms with Crippen molar-refractivity contribution in [2.24, 2.45) is 0 Å². The van der Waals surface area contributed by atoms with Gasteiger partial charge < -0.3 is 10.6 Å². The maximum atomic E-state index is 4.35. The van der Waals surface area contributed by atoms with Gasteiger partial charge in [-0.25, -0.2) is 9.97 Å². The van der Waals surface area contributed by atoms with E-state index in [2.05, 4.69) is 47.6 Å². The lowest BCUT2D eigenvalue weighted by atomic mass is 10.2. The van der Waals surface area contributed by atoms with Gasteiger partial charge in [0.15, 0.2) is 0 Å². The highest BCUT2D eigenvalue weighted by atomic mass is 32.2. The van der Waals surface area contributed by atoms with Crippen LogP contribution in [-0.4, -0.2) is 34.6 Å². The van der Waals surface area contributed by atoms with Crippen LogP contribution in [0.5, 0.6) is 0 Å². The second-order valence-electron chi connectivity index (χ2n) is 4.26. The number of nitrogens with zero attached hydrogens (tertiary/aromatic N) is 2. The number of anilines is 2. The van der Waals surface area contributed by atoms with Crippen molar-refractivity contribution in [3.63, 3.8) is 0 Å². The van der Waals surface area contributed by atoms with Crippen molar-refractivity contribution in [1.29, 1.82) is 0 Å². The Bertz CT molecular complexity index is 357. The molecule has 4 nitrogen and oxygen atoms in total. The van der Waals surface area contributed by atoms with Crippen molar-refractivity contribution in [3.8, 4) is 0 Å². The molecule has 1 aromatic rings. The summed E-state index contributed by atoms with van der Waals surface area (Å²) in [4.78, 5) is 8.68. The van der Waals surface area contributed by atoms with Gasteiger partial charge in [-0.1, -0.05) is 20.8 Å². The van der Waals surface area contributed by atoms with E-state index in [0.717, 1.165) is 37.6 Å². The molecular formula is C13H24N4S. The molecule has 0 radical (unpaired) electrons. The molecule has 102 valence electrons. The highest BCUT2D eigenvalue weighted by Gasteiger charge is 2.09. The molecule has 0 saturated carbocycles. The standard InChI is InChI=1S/C13H24N4S/c1-5-7-14-12-11(6-2)13(17-9-16-12)15-8-10(3)18-4/h9-10H,5-8H2,1-4H3,(H2,14,15,16,17). The van der Waals surface area contributed by atoms with Crippen molar-refractivity contribution < 1.29 is 0 Å². The van der Waals surface area contributed by atoms with Crippen LogP contribution < -0.4 is 10.6 Å². The molecule has 0 aliphatic heterocycles. The van der Waals surface area contributed by atoms with Crippen LogP contribution in [0, 0.1) is 0 Å². The van der Waals surface area contributed by atoms with Crippen molar-refractivity contribution in [3.05, 3.63) is 11.9 Å². The Labute approximate surface area is 114 Å². The predicted molar refractivity (Wildman–Crippen MR) is 81.7 cm³/mol. The first-order valence-corrected chi connectivity index (χ1v) is 7.86. The van der Waals surface area contributed by atoms with Crippen LogP contribution in [0.15, 0.2) is 6.33 Å². The Kier molecular flexibility index (Phi) is 6.86. The third-order valence-electron chi connectivity index (χ3n) is 2.80. The summed E-state index contributed by atoms with van der Waals surface area (Å²) in [6, 6.07) is 0. The maximum Gasteiger partial charge on any atom is 0.134 e. The smallest absolute Gasteiger partial charge is 0.134 e. The van der Waals surface area contributed by atoms with Crippen LogP contribution in [0.4, 0.5) is 11.6 Å². The summed E-state index contributed by atoms with van der Waals surface area (Å²) in [7, 11) is 0. The topological polar surface area (TPSA) is 49.8 Å². The fourth-order valence-electron chi connectivity index (χ4n) is 1.62. The first kappa shape index (κ1) is 15.1. The summed E-state index contributed by atoms with van der Waals surface area (Å²) < 4.78 is 0. The zero-order valence-corrected chi connectivity index (χ0v) is 12.6. The van der Waals surface area contributed by atoms with E-state index in [1.807, 2.05) is 11.8 Å². The molecule has 0 spiro atoms. The van der Waals surface area contributed by atoms with Gasteiger partial charge in [0.1, 0.15) is 18.0 Å². The van der Waals surface area contributed by atoms with Crippen LogP contribution in [0.1, 0.15) is 32.8 Å². The highest BCUT2D eigenvalue weighted by molar-refractivity contribution is 7.99. The Hall–Kier alpha value is -0.970. The normalized spacial score (nSPS) is 12.2. The van der Waals surface area contributed by atoms with Crippen LogP contribution in [-0.2, 0) is 6.42 Å². The average Bonchev–Trinajstić information content (AvgIpc) is 2.42. The molecule has 1 aromatic heterocycles. The number of rotatable bonds is 8. The molecule has 0 aliphatic rings. The summed E-state index contributed by atoms with van der Waals surface area (Å²) in [6.07, 6.45) is 5.78. The minimum atomic E-state index is 0.580. The Morgan fingerprint density at radius 3 is 2.44 bits per heavy atom. The lowest BCUT2D eigenvalue weighted by molar-refractivity contribution is 0.936. The highest BCUT2D eigenvalue weighted by Crippen LogP contribution is 2.20. The Balaban J connectivity index is 2.77. The molecule has 0 aromatic carbocycles. The van der Waals surface area contributed by atoms with Gasteiger partial charge in [-0.2, -0.15) is 11.8 Å². The van der Waals surface area contributed by atoms with Gasteiger partial charge in [0.2, 0.25) is 0 Å². The lowest BCUT2D eigenvalue weighted by Crippen LogP contribution is -2.16. The van der Waals surface area contributed by atoms with Crippen molar-refractivity contribution in [1.82, 2.24) is 9.97 Å². The average molecular weight is 268 g/mol. The van der Waals surface area contributed by atoms with E-state index in [0.29, 0.717) is 5.25 Å². The second kappa shape index (κ2) is 8.19. The van der Waals surface area contributed by atoms with E-state index in [9.17, 15) is 0 Å². The van der Waals surface area contributed by atoms with Crippen LogP contribution in [0.25, 0.3) is 0 Å². The molecule has 1 heterocycles. The van der Waals surface area contributed by atoms with Gasteiger partial charge in [-0.05, 0) is 19.1 Å². The van der Waals surface area contributed by atoms with Crippen LogP contribution in [0.3, 0.4) is 0 Å². The zero-order valence-electron chi connectivity index (χ0n) is 11.8. The molecule has 0 fully saturated rings. The minimum absolute atomic E-state index is 0.580. The van der Waals surface area contributed by atoms with E-state index < -0.39 is 0 Å². The quantitative estimate of drug-likeness (QED) is 0.759. The number of hydrogen-bond acceptors (Lipinski definition) is 5. The van der Waals surface area contributed by atoms with E-state index in [1.165, 1.54) is 5.56 Å². The molecule has 1 rings (SSSR count). The fourth-order valence-corrected chi connectivity index (χ4v) is 1.87. The molecule has 2 N–H and O–H groups in total.